The molecule has 0 radical (unpaired) electrons. The summed E-state index contributed by atoms with van der Waals surface area (Å²) in [6, 6.07) is 31.2. The minimum Gasteiger partial charge on any atom is -0.454 e. The standard InChI is InChI=1S/C32H29BrO3/c1-2-3-4-5-23-6-8-24(9-7-23)25-10-14-28(15-11-25)31(34)22-36-32(35)29-16-12-26(13-17-29)27-18-20-30(33)21-19-27/h6-21H,2-5,22H2,1H3. The lowest BCUT2D eigenvalue weighted by molar-refractivity contribution is 0.0475. The number of ether oxygens (including phenoxy) is 1. The molecule has 0 aliphatic carbocycles. The van der Waals surface area contributed by atoms with Gasteiger partial charge in [0.15, 0.2) is 12.4 Å². The number of rotatable bonds is 10. The fourth-order valence-corrected chi connectivity index (χ4v) is 4.29. The van der Waals surface area contributed by atoms with Crippen molar-refractivity contribution in [2.45, 2.75) is 32.6 Å². The van der Waals surface area contributed by atoms with Crippen LogP contribution in [0, 0.1) is 0 Å². The van der Waals surface area contributed by atoms with E-state index in [4.69, 9.17) is 4.74 Å². The first-order valence-corrected chi connectivity index (χ1v) is 13.1. The monoisotopic (exact) mass is 540 g/mol. The zero-order chi connectivity index (χ0) is 25.3. The summed E-state index contributed by atoms with van der Waals surface area (Å²) in [5, 5.41) is 0. The second kappa shape index (κ2) is 12.5. The van der Waals surface area contributed by atoms with Gasteiger partial charge in [-0.15, -0.1) is 0 Å². The number of esters is 1. The minimum atomic E-state index is -0.513. The third-order valence-corrected chi connectivity index (χ3v) is 6.72. The largest absolute Gasteiger partial charge is 0.454 e. The fraction of sp³-hybridized carbons (Fsp3) is 0.188. The van der Waals surface area contributed by atoms with Crippen LogP contribution < -0.4 is 0 Å². The summed E-state index contributed by atoms with van der Waals surface area (Å²) >= 11 is 3.43. The number of halogens is 1. The highest BCUT2D eigenvalue weighted by atomic mass is 79.9. The highest BCUT2D eigenvalue weighted by molar-refractivity contribution is 9.10. The van der Waals surface area contributed by atoms with E-state index in [0.717, 1.165) is 33.1 Å². The lowest BCUT2D eigenvalue weighted by Gasteiger charge is -2.08. The first-order chi connectivity index (χ1) is 17.5. The van der Waals surface area contributed by atoms with Crippen LogP contribution in [0.5, 0.6) is 0 Å². The van der Waals surface area contributed by atoms with E-state index in [1.54, 1.807) is 24.3 Å². The molecule has 0 unspecified atom stereocenters. The molecule has 0 amide bonds. The SMILES string of the molecule is CCCCCc1ccc(-c2ccc(C(=O)COC(=O)c3ccc(-c4ccc(Br)cc4)cc3)cc2)cc1. The average Bonchev–Trinajstić information content (AvgIpc) is 2.93. The van der Waals surface area contributed by atoms with Gasteiger partial charge in [-0.3, -0.25) is 4.79 Å². The van der Waals surface area contributed by atoms with Crippen molar-refractivity contribution in [3.05, 3.63) is 118 Å². The molecular weight excluding hydrogens is 512 g/mol. The summed E-state index contributed by atoms with van der Waals surface area (Å²) in [5.74, 6) is -0.742. The molecule has 0 heterocycles. The Morgan fingerprint density at radius 1 is 0.639 bits per heavy atom. The molecule has 3 nitrogen and oxygen atoms in total. The predicted molar refractivity (Wildman–Crippen MR) is 149 cm³/mol. The van der Waals surface area contributed by atoms with Crippen molar-refractivity contribution < 1.29 is 14.3 Å². The van der Waals surface area contributed by atoms with Crippen molar-refractivity contribution in [3.63, 3.8) is 0 Å². The summed E-state index contributed by atoms with van der Waals surface area (Å²) < 4.78 is 6.29. The molecule has 0 aliphatic heterocycles. The smallest absolute Gasteiger partial charge is 0.338 e. The second-order valence-electron chi connectivity index (χ2n) is 8.81. The van der Waals surface area contributed by atoms with Crippen LogP contribution in [0.25, 0.3) is 22.3 Å². The maximum Gasteiger partial charge on any atom is 0.338 e. The van der Waals surface area contributed by atoms with Gasteiger partial charge in [0.1, 0.15) is 0 Å². The molecule has 0 atom stereocenters. The topological polar surface area (TPSA) is 43.4 Å². The van der Waals surface area contributed by atoms with E-state index < -0.39 is 5.97 Å². The Morgan fingerprint density at radius 3 is 1.64 bits per heavy atom. The van der Waals surface area contributed by atoms with Crippen molar-refractivity contribution in [3.8, 4) is 22.3 Å². The van der Waals surface area contributed by atoms with Gasteiger partial charge in [-0.2, -0.15) is 0 Å². The first kappa shape index (κ1) is 25.6. The number of unbranched alkanes of at least 4 members (excludes halogenated alkanes) is 2. The number of carbonyl (C=O) groups is 2. The Kier molecular flexibility index (Phi) is 8.85. The van der Waals surface area contributed by atoms with Gasteiger partial charge in [0.25, 0.3) is 0 Å². The normalized spacial score (nSPS) is 10.7. The van der Waals surface area contributed by atoms with Crippen LogP contribution in [0.1, 0.15) is 52.5 Å². The number of benzene rings is 4. The molecule has 0 spiro atoms. The number of ketones is 1. The van der Waals surface area contributed by atoms with Crippen LogP contribution in [0.15, 0.2) is 102 Å². The highest BCUT2D eigenvalue weighted by Crippen LogP contribution is 2.23. The number of aryl methyl sites for hydroxylation is 1. The summed E-state index contributed by atoms with van der Waals surface area (Å²) in [6.07, 6.45) is 4.80. The summed E-state index contributed by atoms with van der Waals surface area (Å²) in [6.45, 7) is 1.92. The van der Waals surface area contributed by atoms with Gasteiger partial charge in [0.05, 0.1) is 5.56 Å². The lowest BCUT2D eigenvalue weighted by atomic mass is 10.00. The Hall–Kier alpha value is -3.50. The number of hydrogen-bond acceptors (Lipinski definition) is 3. The number of carbonyl (C=O) groups excluding carboxylic acids is 2. The van der Waals surface area contributed by atoms with E-state index in [9.17, 15) is 9.59 Å². The fourth-order valence-electron chi connectivity index (χ4n) is 4.03. The third-order valence-electron chi connectivity index (χ3n) is 6.20. The summed E-state index contributed by atoms with van der Waals surface area (Å²) in [5.41, 5.74) is 6.51. The molecule has 4 aromatic rings. The molecular formula is C32H29BrO3. The van der Waals surface area contributed by atoms with Gasteiger partial charge >= 0.3 is 5.97 Å². The van der Waals surface area contributed by atoms with Crippen LogP contribution in [0.3, 0.4) is 0 Å². The molecule has 182 valence electrons. The summed E-state index contributed by atoms with van der Waals surface area (Å²) in [7, 11) is 0. The van der Waals surface area contributed by atoms with E-state index in [-0.39, 0.29) is 12.4 Å². The Labute approximate surface area is 221 Å². The number of hydrogen-bond donors (Lipinski definition) is 0. The molecule has 0 fully saturated rings. The Balaban J connectivity index is 1.31. The molecule has 0 bridgehead atoms. The van der Waals surface area contributed by atoms with Crippen molar-refractivity contribution in [2.24, 2.45) is 0 Å². The van der Waals surface area contributed by atoms with Crippen LogP contribution >= 0.6 is 15.9 Å². The maximum atomic E-state index is 12.6. The van der Waals surface area contributed by atoms with Crippen molar-refractivity contribution in [2.75, 3.05) is 6.61 Å². The van der Waals surface area contributed by atoms with Crippen LogP contribution in [-0.4, -0.2) is 18.4 Å². The van der Waals surface area contributed by atoms with E-state index in [1.165, 1.54) is 24.8 Å². The molecule has 0 N–H and O–H groups in total. The van der Waals surface area contributed by atoms with Crippen LogP contribution in [-0.2, 0) is 11.2 Å². The predicted octanol–water partition coefficient (Wildman–Crippen LogP) is 8.56. The first-order valence-electron chi connectivity index (χ1n) is 12.3. The summed E-state index contributed by atoms with van der Waals surface area (Å²) in [4.78, 5) is 25.0. The maximum absolute atomic E-state index is 12.6. The lowest BCUT2D eigenvalue weighted by Crippen LogP contribution is -2.14. The minimum absolute atomic E-state index is 0.229. The van der Waals surface area contributed by atoms with Gasteiger partial charge < -0.3 is 4.74 Å². The van der Waals surface area contributed by atoms with Gasteiger partial charge in [-0.05, 0) is 64.9 Å². The molecule has 0 saturated heterocycles. The van der Waals surface area contributed by atoms with E-state index >= 15 is 0 Å². The van der Waals surface area contributed by atoms with E-state index in [2.05, 4.69) is 47.1 Å². The Morgan fingerprint density at radius 2 is 1.11 bits per heavy atom. The van der Waals surface area contributed by atoms with Crippen LogP contribution in [0.2, 0.25) is 0 Å². The second-order valence-corrected chi connectivity index (χ2v) is 9.73. The quantitative estimate of drug-likeness (QED) is 0.115. The van der Waals surface area contributed by atoms with Crippen LogP contribution in [0.4, 0.5) is 0 Å². The van der Waals surface area contributed by atoms with Crippen molar-refractivity contribution in [1.82, 2.24) is 0 Å². The molecule has 4 heteroatoms. The molecule has 0 saturated carbocycles. The number of Topliss-reactive ketones (excluding diaryl/α,β-unsaturated/α-hetero) is 1. The van der Waals surface area contributed by atoms with Crippen molar-refractivity contribution in [1.29, 1.82) is 0 Å². The van der Waals surface area contributed by atoms with E-state index in [1.807, 2.05) is 48.5 Å². The van der Waals surface area contributed by atoms with Gasteiger partial charge in [-0.1, -0.05) is 108 Å². The van der Waals surface area contributed by atoms with Crippen molar-refractivity contribution >= 4 is 27.7 Å². The molecule has 4 aromatic carbocycles. The molecule has 0 aromatic heterocycles. The molecule has 0 aliphatic rings. The molecule has 4 rings (SSSR count). The van der Waals surface area contributed by atoms with Gasteiger partial charge in [-0.25, -0.2) is 4.79 Å². The third kappa shape index (κ3) is 6.79. The van der Waals surface area contributed by atoms with Gasteiger partial charge in [0, 0.05) is 10.0 Å². The van der Waals surface area contributed by atoms with Gasteiger partial charge in [0.2, 0.25) is 0 Å². The zero-order valence-corrected chi connectivity index (χ0v) is 22.0. The average molecular weight is 541 g/mol. The zero-order valence-electron chi connectivity index (χ0n) is 20.4. The van der Waals surface area contributed by atoms with E-state index in [0.29, 0.717) is 11.1 Å². The molecule has 36 heavy (non-hydrogen) atoms. The Bertz CT molecular complexity index is 1290. The highest BCUT2D eigenvalue weighted by Gasteiger charge is 2.12.